The van der Waals surface area contributed by atoms with Crippen molar-refractivity contribution in [2.45, 2.75) is 25.3 Å². The topological polar surface area (TPSA) is 87.7 Å². The Labute approximate surface area is 106 Å². The molecule has 102 valence electrons. The summed E-state index contributed by atoms with van der Waals surface area (Å²) in [5, 5.41) is 5.35. The van der Waals surface area contributed by atoms with Crippen molar-refractivity contribution in [3.05, 3.63) is 0 Å². The third-order valence-electron chi connectivity index (χ3n) is 2.74. The molecule has 1 saturated heterocycles. The fourth-order valence-electron chi connectivity index (χ4n) is 1.75. The Morgan fingerprint density at radius 1 is 1.50 bits per heavy atom. The van der Waals surface area contributed by atoms with Gasteiger partial charge < -0.3 is 20.3 Å². The van der Waals surface area contributed by atoms with E-state index in [-0.39, 0.29) is 18.4 Å². The molecule has 0 unspecified atom stereocenters. The van der Waals surface area contributed by atoms with Crippen LogP contribution in [0.5, 0.6) is 0 Å². The molecule has 0 saturated carbocycles. The lowest BCUT2D eigenvalue weighted by molar-refractivity contribution is -0.129. The van der Waals surface area contributed by atoms with E-state index < -0.39 is 12.1 Å². The molecule has 0 aromatic carbocycles. The third kappa shape index (κ3) is 4.23. The Balaban J connectivity index is 2.43. The van der Waals surface area contributed by atoms with Crippen LogP contribution in [-0.4, -0.2) is 56.1 Å². The lowest BCUT2D eigenvalue weighted by Gasteiger charge is -2.18. The molecule has 7 nitrogen and oxygen atoms in total. The van der Waals surface area contributed by atoms with Crippen LogP contribution in [0.15, 0.2) is 0 Å². The average molecular weight is 257 g/mol. The lowest BCUT2D eigenvalue weighted by Crippen LogP contribution is -2.48. The van der Waals surface area contributed by atoms with Gasteiger partial charge in [-0.1, -0.05) is 0 Å². The number of hydrogen-bond donors (Lipinski definition) is 2. The molecule has 0 spiro atoms. The quantitative estimate of drug-likeness (QED) is 0.711. The molecule has 1 heterocycles. The standard InChI is InChI=1S/C11H19N3O4/c1-14(11(17)18-2)7-9(15)13-8-5-3-4-6-12-10(8)16/h8H,3-7H2,1-2H3,(H,12,16)(H,13,15)/t8-/m0/s1. The first-order chi connectivity index (χ1) is 8.54. The van der Waals surface area contributed by atoms with Crippen molar-refractivity contribution in [2.24, 2.45) is 0 Å². The Hall–Kier alpha value is -1.79. The fraction of sp³-hybridized carbons (Fsp3) is 0.727. The molecule has 18 heavy (non-hydrogen) atoms. The van der Waals surface area contributed by atoms with Gasteiger partial charge >= 0.3 is 6.09 Å². The zero-order chi connectivity index (χ0) is 13.5. The highest BCUT2D eigenvalue weighted by atomic mass is 16.5. The minimum absolute atomic E-state index is 0.129. The minimum Gasteiger partial charge on any atom is -0.453 e. The van der Waals surface area contributed by atoms with Crippen molar-refractivity contribution in [3.63, 3.8) is 0 Å². The summed E-state index contributed by atoms with van der Waals surface area (Å²) >= 11 is 0. The van der Waals surface area contributed by atoms with E-state index in [4.69, 9.17) is 0 Å². The summed E-state index contributed by atoms with van der Waals surface area (Å²) in [5.74, 6) is -0.536. The molecule has 2 N–H and O–H groups in total. The van der Waals surface area contributed by atoms with Crippen molar-refractivity contribution in [1.82, 2.24) is 15.5 Å². The predicted octanol–water partition coefficient (Wildman–Crippen LogP) is -0.530. The first kappa shape index (κ1) is 14.3. The van der Waals surface area contributed by atoms with E-state index in [0.717, 1.165) is 17.7 Å². The van der Waals surface area contributed by atoms with Crippen LogP contribution in [0.2, 0.25) is 0 Å². The Morgan fingerprint density at radius 3 is 2.89 bits per heavy atom. The van der Waals surface area contributed by atoms with Crippen LogP contribution < -0.4 is 10.6 Å². The van der Waals surface area contributed by atoms with Gasteiger partial charge in [-0.2, -0.15) is 0 Å². The van der Waals surface area contributed by atoms with Crippen LogP contribution in [0.3, 0.4) is 0 Å². The fourth-order valence-corrected chi connectivity index (χ4v) is 1.75. The third-order valence-corrected chi connectivity index (χ3v) is 2.74. The Morgan fingerprint density at radius 2 is 2.22 bits per heavy atom. The summed E-state index contributed by atoms with van der Waals surface area (Å²) in [6.07, 6.45) is 1.84. The van der Waals surface area contributed by atoms with Crippen LogP contribution in [0.1, 0.15) is 19.3 Å². The van der Waals surface area contributed by atoms with E-state index in [2.05, 4.69) is 15.4 Å². The molecule has 0 radical (unpaired) electrons. The number of amides is 3. The zero-order valence-corrected chi connectivity index (χ0v) is 10.7. The summed E-state index contributed by atoms with van der Waals surface area (Å²) in [7, 11) is 2.70. The number of methoxy groups -OCH3 is 1. The predicted molar refractivity (Wildman–Crippen MR) is 63.8 cm³/mol. The molecule has 0 aromatic rings. The number of rotatable bonds is 3. The number of ether oxygens (including phenoxy) is 1. The second-order valence-corrected chi connectivity index (χ2v) is 4.23. The largest absolute Gasteiger partial charge is 0.453 e. The van der Waals surface area contributed by atoms with Crippen molar-refractivity contribution < 1.29 is 19.1 Å². The van der Waals surface area contributed by atoms with Crippen LogP contribution in [0.4, 0.5) is 4.79 Å². The molecule has 0 aromatic heterocycles. The van der Waals surface area contributed by atoms with Gasteiger partial charge in [0.1, 0.15) is 12.6 Å². The molecule has 1 atom stereocenters. The maximum absolute atomic E-state index is 11.7. The molecule has 1 aliphatic rings. The highest BCUT2D eigenvalue weighted by molar-refractivity contribution is 5.89. The highest BCUT2D eigenvalue weighted by Gasteiger charge is 2.23. The maximum atomic E-state index is 11.7. The van der Waals surface area contributed by atoms with E-state index in [1.54, 1.807) is 0 Å². The van der Waals surface area contributed by atoms with Crippen LogP contribution >= 0.6 is 0 Å². The second-order valence-electron chi connectivity index (χ2n) is 4.23. The van der Waals surface area contributed by atoms with Gasteiger partial charge in [-0.25, -0.2) is 4.79 Å². The first-order valence-electron chi connectivity index (χ1n) is 5.90. The molecule has 3 amide bonds. The van der Waals surface area contributed by atoms with Crippen LogP contribution in [0, 0.1) is 0 Å². The summed E-state index contributed by atoms with van der Waals surface area (Å²) in [4.78, 5) is 35.5. The number of carbonyl (C=O) groups excluding carboxylic acids is 3. The number of nitrogens with one attached hydrogen (secondary N) is 2. The molecule has 0 aliphatic carbocycles. The smallest absolute Gasteiger partial charge is 0.409 e. The van der Waals surface area contributed by atoms with E-state index in [1.807, 2.05) is 0 Å². The summed E-state index contributed by atoms with van der Waals surface area (Å²) in [5.41, 5.74) is 0. The molecule has 1 aliphatic heterocycles. The summed E-state index contributed by atoms with van der Waals surface area (Å²) in [6.45, 7) is 0.518. The van der Waals surface area contributed by atoms with Crippen molar-refractivity contribution in [3.8, 4) is 0 Å². The van der Waals surface area contributed by atoms with Gasteiger partial charge in [0, 0.05) is 13.6 Å². The van der Waals surface area contributed by atoms with Gasteiger partial charge in [0.25, 0.3) is 0 Å². The van der Waals surface area contributed by atoms with Gasteiger partial charge in [0.15, 0.2) is 0 Å². The van der Waals surface area contributed by atoms with E-state index in [9.17, 15) is 14.4 Å². The van der Waals surface area contributed by atoms with E-state index in [0.29, 0.717) is 13.0 Å². The van der Waals surface area contributed by atoms with Gasteiger partial charge in [-0.3, -0.25) is 9.59 Å². The molecule has 7 heteroatoms. The maximum Gasteiger partial charge on any atom is 0.409 e. The lowest BCUT2D eigenvalue weighted by atomic mass is 10.1. The number of likely N-dealkylation sites (N-methyl/N-ethyl adjacent to an activating group) is 1. The Kier molecular flexibility index (Phi) is 5.41. The van der Waals surface area contributed by atoms with Crippen molar-refractivity contribution >= 4 is 17.9 Å². The van der Waals surface area contributed by atoms with Crippen molar-refractivity contribution in [2.75, 3.05) is 27.2 Å². The van der Waals surface area contributed by atoms with Crippen LogP contribution in [0.25, 0.3) is 0 Å². The number of hydrogen-bond acceptors (Lipinski definition) is 4. The number of carbonyl (C=O) groups is 3. The van der Waals surface area contributed by atoms with Gasteiger partial charge in [-0.15, -0.1) is 0 Å². The number of nitrogens with zero attached hydrogens (tertiary/aromatic N) is 1. The minimum atomic E-state index is -0.588. The average Bonchev–Trinajstić information content (AvgIpc) is 2.53. The SMILES string of the molecule is COC(=O)N(C)CC(=O)N[C@H]1CCCCNC1=O. The van der Waals surface area contributed by atoms with Crippen molar-refractivity contribution in [1.29, 1.82) is 0 Å². The van der Waals surface area contributed by atoms with Crippen LogP contribution in [-0.2, 0) is 14.3 Å². The molecule has 1 rings (SSSR count). The second kappa shape index (κ2) is 6.83. The zero-order valence-electron chi connectivity index (χ0n) is 10.7. The van der Waals surface area contributed by atoms with Gasteiger partial charge in [0.2, 0.25) is 11.8 Å². The normalized spacial score (nSPS) is 19.4. The molecular formula is C11H19N3O4. The van der Waals surface area contributed by atoms with Gasteiger partial charge in [-0.05, 0) is 19.3 Å². The van der Waals surface area contributed by atoms with E-state index in [1.165, 1.54) is 14.2 Å². The summed E-state index contributed by atoms with van der Waals surface area (Å²) in [6, 6.07) is -0.508. The van der Waals surface area contributed by atoms with Gasteiger partial charge in [0.05, 0.1) is 7.11 Å². The molecular weight excluding hydrogens is 238 g/mol. The van der Waals surface area contributed by atoms with E-state index >= 15 is 0 Å². The first-order valence-corrected chi connectivity index (χ1v) is 5.90. The molecule has 0 bridgehead atoms. The molecule has 1 fully saturated rings. The monoisotopic (exact) mass is 257 g/mol. The highest BCUT2D eigenvalue weighted by Crippen LogP contribution is 2.05. The summed E-state index contributed by atoms with van der Waals surface area (Å²) < 4.78 is 4.47. The Bertz CT molecular complexity index is 332.